The van der Waals surface area contributed by atoms with E-state index in [-0.39, 0.29) is 11.8 Å². The summed E-state index contributed by atoms with van der Waals surface area (Å²) in [6.45, 7) is 4.74. The number of H-pyrrole nitrogens is 1. The molecular weight excluding hydrogens is 266 g/mol. The van der Waals surface area contributed by atoms with Crippen LogP contribution in [0.1, 0.15) is 41.7 Å². The quantitative estimate of drug-likeness (QED) is 0.902. The van der Waals surface area contributed by atoms with E-state index in [1.807, 2.05) is 22.8 Å². The largest absolute Gasteiger partial charge is 0.365 e. The summed E-state index contributed by atoms with van der Waals surface area (Å²) in [6, 6.07) is 1.83. The van der Waals surface area contributed by atoms with E-state index >= 15 is 0 Å². The second-order valence-electron chi connectivity index (χ2n) is 6.12. The fourth-order valence-corrected chi connectivity index (χ4v) is 3.11. The lowest BCUT2D eigenvalue weighted by Crippen LogP contribution is -2.41. The van der Waals surface area contributed by atoms with E-state index in [0.29, 0.717) is 19.0 Å². The van der Waals surface area contributed by atoms with Crippen LogP contribution in [0.4, 0.5) is 0 Å². The van der Waals surface area contributed by atoms with Crippen LogP contribution < -0.4 is 0 Å². The van der Waals surface area contributed by atoms with Gasteiger partial charge in [-0.1, -0.05) is 6.42 Å². The van der Waals surface area contributed by atoms with Crippen LogP contribution in [-0.4, -0.2) is 52.8 Å². The van der Waals surface area contributed by atoms with Gasteiger partial charge in [0.25, 0.3) is 5.91 Å². The Morgan fingerprint density at radius 3 is 2.43 bits per heavy atom. The van der Waals surface area contributed by atoms with Crippen LogP contribution in [0.3, 0.4) is 0 Å². The minimum Gasteiger partial charge on any atom is -0.365 e. The Morgan fingerprint density at radius 2 is 1.81 bits per heavy atom. The third-order valence-electron chi connectivity index (χ3n) is 4.73. The highest BCUT2D eigenvalue weighted by Gasteiger charge is 2.31. The maximum atomic E-state index is 12.5. The van der Waals surface area contributed by atoms with Crippen molar-refractivity contribution in [3.05, 3.63) is 23.5 Å². The van der Waals surface area contributed by atoms with E-state index in [0.717, 1.165) is 43.6 Å². The Bertz CT molecular complexity index is 533. The van der Waals surface area contributed by atoms with E-state index in [2.05, 4.69) is 4.98 Å². The summed E-state index contributed by atoms with van der Waals surface area (Å²) in [6.07, 6.45) is 5.93. The van der Waals surface area contributed by atoms with Gasteiger partial charge < -0.3 is 14.8 Å². The second-order valence-corrected chi connectivity index (χ2v) is 6.12. The summed E-state index contributed by atoms with van der Waals surface area (Å²) < 4.78 is 0. The molecule has 0 bridgehead atoms. The molecule has 3 rings (SSSR count). The number of nitrogens with one attached hydrogen (secondary N) is 1. The lowest BCUT2D eigenvalue weighted by molar-refractivity contribution is -0.138. The summed E-state index contributed by atoms with van der Waals surface area (Å²) in [7, 11) is 0. The van der Waals surface area contributed by atoms with Crippen molar-refractivity contribution in [2.45, 2.75) is 32.6 Å². The molecule has 2 fully saturated rings. The molecule has 0 spiro atoms. The minimum atomic E-state index is 0.0756. The van der Waals surface area contributed by atoms with Crippen LogP contribution >= 0.6 is 0 Å². The summed E-state index contributed by atoms with van der Waals surface area (Å²) in [4.78, 5) is 31.7. The van der Waals surface area contributed by atoms with Crippen molar-refractivity contribution < 1.29 is 9.59 Å². The second kappa shape index (κ2) is 5.92. The molecule has 1 saturated heterocycles. The highest BCUT2D eigenvalue weighted by molar-refractivity contribution is 5.95. The van der Waals surface area contributed by atoms with Crippen molar-refractivity contribution >= 4 is 11.8 Å². The van der Waals surface area contributed by atoms with Crippen LogP contribution in [0.5, 0.6) is 0 Å². The van der Waals surface area contributed by atoms with E-state index in [4.69, 9.17) is 0 Å². The molecule has 1 aromatic heterocycles. The van der Waals surface area contributed by atoms with Gasteiger partial charge in [-0.05, 0) is 32.3 Å². The van der Waals surface area contributed by atoms with Gasteiger partial charge in [-0.25, -0.2) is 0 Å². The zero-order valence-corrected chi connectivity index (χ0v) is 12.6. The average Bonchev–Trinajstić information content (AvgIpc) is 2.70. The summed E-state index contributed by atoms with van der Waals surface area (Å²) in [5.41, 5.74) is 1.65. The Hall–Kier alpha value is -1.78. The molecule has 1 saturated carbocycles. The van der Waals surface area contributed by atoms with Crippen molar-refractivity contribution in [2.24, 2.45) is 5.92 Å². The number of carbonyl (C=O) groups excluding carboxylic acids is 2. The Labute approximate surface area is 125 Å². The van der Waals surface area contributed by atoms with Crippen LogP contribution in [-0.2, 0) is 4.79 Å². The molecule has 0 aromatic carbocycles. The van der Waals surface area contributed by atoms with Gasteiger partial charge >= 0.3 is 0 Å². The number of aromatic amines is 1. The third-order valence-corrected chi connectivity index (χ3v) is 4.73. The van der Waals surface area contributed by atoms with E-state index in [9.17, 15) is 9.59 Å². The normalized spacial score (nSPS) is 20.0. The lowest BCUT2D eigenvalue weighted by atomic mass is 9.84. The SMILES string of the molecule is Cc1[nH]ccc1C(=O)N1CCCN(C(=O)C2CCC2)CC1. The van der Waals surface area contributed by atoms with Crippen LogP contribution in [0.25, 0.3) is 0 Å². The number of amides is 2. The van der Waals surface area contributed by atoms with Crippen molar-refractivity contribution in [2.75, 3.05) is 26.2 Å². The molecule has 1 aliphatic heterocycles. The van der Waals surface area contributed by atoms with Gasteiger partial charge in [-0.3, -0.25) is 9.59 Å². The highest BCUT2D eigenvalue weighted by atomic mass is 16.2. The van der Waals surface area contributed by atoms with E-state index in [1.165, 1.54) is 6.42 Å². The van der Waals surface area contributed by atoms with Crippen molar-refractivity contribution in [1.29, 1.82) is 0 Å². The van der Waals surface area contributed by atoms with Gasteiger partial charge in [-0.2, -0.15) is 0 Å². The molecule has 0 atom stereocenters. The number of hydrogen-bond donors (Lipinski definition) is 1. The fraction of sp³-hybridized carbons (Fsp3) is 0.625. The predicted molar refractivity (Wildman–Crippen MR) is 80.0 cm³/mol. The molecule has 2 aliphatic rings. The fourth-order valence-electron chi connectivity index (χ4n) is 3.11. The molecular formula is C16H23N3O2. The Morgan fingerprint density at radius 1 is 1.10 bits per heavy atom. The minimum absolute atomic E-state index is 0.0756. The molecule has 21 heavy (non-hydrogen) atoms. The predicted octanol–water partition coefficient (Wildman–Crippen LogP) is 1.80. The zero-order valence-electron chi connectivity index (χ0n) is 12.6. The number of hydrogen-bond acceptors (Lipinski definition) is 2. The van der Waals surface area contributed by atoms with E-state index in [1.54, 1.807) is 6.20 Å². The first-order valence-electron chi connectivity index (χ1n) is 7.89. The molecule has 114 valence electrons. The first kappa shape index (κ1) is 14.2. The average molecular weight is 289 g/mol. The van der Waals surface area contributed by atoms with Crippen LogP contribution in [0.2, 0.25) is 0 Å². The lowest BCUT2D eigenvalue weighted by Gasteiger charge is -2.31. The van der Waals surface area contributed by atoms with E-state index < -0.39 is 0 Å². The highest BCUT2D eigenvalue weighted by Crippen LogP contribution is 2.28. The summed E-state index contributed by atoms with van der Waals surface area (Å²) >= 11 is 0. The number of rotatable bonds is 2. The maximum absolute atomic E-state index is 12.5. The molecule has 1 aromatic rings. The molecule has 1 N–H and O–H groups in total. The van der Waals surface area contributed by atoms with Gasteiger partial charge in [0.05, 0.1) is 5.56 Å². The maximum Gasteiger partial charge on any atom is 0.255 e. The van der Waals surface area contributed by atoms with Gasteiger partial charge in [0.2, 0.25) is 5.91 Å². The van der Waals surface area contributed by atoms with Gasteiger partial charge in [0.15, 0.2) is 0 Å². The molecule has 2 amide bonds. The molecule has 5 nitrogen and oxygen atoms in total. The number of carbonyl (C=O) groups is 2. The standard InChI is InChI=1S/C16H23N3O2/c1-12-14(6-7-17-12)16(21)19-9-3-8-18(10-11-19)15(20)13-4-2-5-13/h6-7,13,17H,2-5,8-11H2,1H3. The van der Waals surface area contributed by atoms with Crippen LogP contribution in [0, 0.1) is 12.8 Å². The Balaban J connectivity index is 1.61. The molecule has 5 heteroatoms. The number of nitrogens with zero attached hydrogens (tertiary/aromatic N) is 2. The van der Waals surface area contributed by atoms with Crippen molar-refractivity contribution in [3.63, 3.8) is 0 Å². The van der Waals surface area contributed by atoms with Crippen molar-refractivity contribution in [1.82, 2.24) is 14.8 Å². The molecule has 0 radical (unpaired) electrons. The topological polar surface area (TPSA) is 56.4 Å². The number of aromatic nitrogens is 1. The summed E-state index contributed by atoms with van der Waals surface area (Å²) in [5.74, 6) is 0.624. The Kier molecular flexibility index (Phi) is 3.99. The first-order chi connectivity index (χ1) is 10.2. The van der Waals surface area contributed by atoms with Gasteiger partial charge in [0.1, 0.15) is 0 Å². The zero-order chi connectivity index (χ0) is 14.8. The molecule has 2 heterocycles. The third kappa shape index (κ3) is 2.82. The molecule has 1 aliphatic carbocycles. The monoisotopic (exact) mass is 289 g/mol. The first-order valence-corrected chi connectivity index (χ1v) is 7.89. The van der Waals surface area contributed by atoms with Crippen molar-refractivity contribution in [3.8, 4) is 0 Å². The van der Waals surface area contributed by atoms with Gasteiger partial charge in [0, 0.05) is 44.0 Å². The summed E-state index contributed by atoms with van der Waals surface area (Å²) in [5, 5.41) is 0. The van der Waals surface area contributed by atoms with Gasteiger partial charge in [-0.15, -0.1) is 0 Å². The smallest absolute Gasteiger partial charge is 0.255 e. The number of aryl methyl sites for hydroxylation is 1. The van der Waals surface area contributed by atoms with Crippen LogP contribution in [0.15, 0.2) is 12.3 Å². The molecule has 0 unspecified atom stereocenters.